The Morgan fingerprint density at radius 3 is 2.49 bits per heavy atom. The van der Waals surface area contributed by atoms with Crippen molar-refractivity contribution in [1.82, 2.24) is 9.76 Å². The van der Waals surface area contributed by atoms with Crippen molar-refractivity contribution in [2.75, 3.05) is 7.05 Å². The van der Waals surface area contributed by atoms with Gasteiger partial charge in [-0.2, -0.15) is 0 Å². The summed E-state index contributed by atoms with van der Waals surface area (Å²) in [6, 6.07) is 28.6. The fraction of sp³-hybridized carbons (Fsp3) is 0.290. The lowest BCUT2D eigenvalue weighted by Gasteiger charge is -2.42. The number of nitrogens with zero attached hydrogens (tertiary/aromatic N) is 1. The minimum Gasteiger partial charge on any atom is -0.449 e. The summed E-state index contributed by atoms with van der Waals surface area (Å²) in [7, 11) is 1.14. The zero-order valence-electron chi connectivity index (χ0n) is 20.7. The Hall–Kier alpha value is -2.71. The molecule has 35 heavy (non-hydrogen) atoms. The molecule has 1 N–H and O–H groups in total. The van der Waals surface area contributed by atoms with E-state index in [1.54, 1.807) is 0 Å². The van der Waals surface area contributed by atoms with E-state index in [-0.39, 0.29) is 11.5 Å². The van der Waals surface area contributed by atoms with Gasteiger partial charge in [0.25, 0.3) is 0 Å². The molecule has 4 atom stereocenters. The second-order valence-electron chi connectivity index (χ2n) is 10.2. The van der Waals surface area contributed by atoms with Gasteiger partial charge < -0.3 is 4.52 Å². The molecule has 0 fully saturated rings. The summed E-state index contributed by atoms with van der Waals surface area (Å²) in [6.07, 6.45) is 6.74. The average Bonchev–Trinajstić information content (AvgIpc) is 3.03. The van der Waals surface area contributed by atoms with Gasteiger partial charge in [-0.1, -0.05) is 97.9 Å². The first-order valence-electron chi connectivity index (χ1n) is 12.7. The van der Waals surface area contributed by atoms with Crippen LogP contribution >= 0.6 is 8.45 Å². The van der Waals surface area contributed by atoms with E-state index in [4.69, 9.17) is 4.52 Å². The average molecular weight is 481 g/mol. The smallest absolute Gasteiger partial charge is 0.245 e. The number of allylic oxidation sites excluding steroid dienone is 1. The van der Waals surface area contributed by atoms with Crippen LogP contribution in [-0.2, 0) is 11.1 Å². The maximum absolute atomic E-state index is 7.04. The van der Waals surface area contributed by atoms with Gasteiger partial charge in [-0.05, 0) is 54.1 Å². The number of rotatable bonds is 4. The normalized spacial score (nSPS) is 26.8. The van der Waals surface area contributed by atoms with Crippen molar-refractivity contribution in [3.05, 3.63) is 119 Å². The van der Waals surface area contributed by atoms with Gasteiger partial charge in [0.15, 0.2) is 0 Å². The van der Waals surface area contributed by atoms with Gasteiger partial charge in [0.2, 0.25) is 8.45 Å². The monoisotopic (exact) mass is 480 g/mol. The minimum absolute atomic E-state index is 0.190. The molecule has 0 saturated carbocycles. The van der Waals surface area contributed by atoms with Crippen molar-refractivity contribution in [1.29, 1.82) is 0 Å². The number of nitrogens with one attached hydrogen (secondary N) is 1. The van der Waals surface area contributed by atoms with Crippen LogP contribution in [0.15, 0.2) is 90.7 Å². The Balaban J connectivity index is 1.50. The molecule has 0 amide bonds. The Morgan fingerprint density at radius 2 is 1.69 bits per heavy atom. The summed E-state index contributed by atoms with van der Waals surface area (Å²) in [6.45, 7) is 5.50. The third kappa shape index (κ3) is 3.96. The fourth-order valence-corrected chi connectivity index (χ4v) is 7.67. The van der Waals surface area contributed by atoms with Crippen LogP contribution in [0.1, 0.15) is 66.3 Å². The van der Waals surface area contributed by atoms with Crippen LogP contribution in [0.2, 0.25) is 0 Å². The first-order valence-corrected chi connectivity index (χ1v) is 13.9. The van der Waals surface area contributed by atoms with Gasteiger partial charge in [-0.3, -0.25) is 0 Å². The van der Waals surface area contributed by atoms with Crippen LogP contribution in [-0.4, -0.2) is 17.3 Å². The lowest BCUT2D eigenvalue weighted by molar-refractivity contribution is 0.361. The summed E-state index contributed by atoms with van der Waals surface area (Å²) in [5.74, 6) is 1.85. The molecule has 3 aliphatic rings. The molecule has 6 rings (SSSR count). The van der Waals surface area contributed by atoms with E-state index in [1.165, 1.54) is 39.1 Å². The van der Waals surface area contributed by atoms with Crippen LogP contribution in [0.5, 0.6) is 0 Å². The zero-order chi connectivity index (χ0) is 24.0. The van der Waals surface area contributed by atoms with Gasteiger partial charge in [0, 0.05) is 24.5 Å². The molecule has 1 heterocycles. The van der Waals surface area contributed by atoms with Crippen molar-refractivity contribution in [2.45, 2.75) is 50.6 Å². The van der Waals surface area contributed by atoms with Gasteiger partial charge in [0.05, 0.1) is 5.54 Å². The molecule has 0 aromatic heterocycles. The lowest BCUT2D eigenvalue weighted by Crippen LogP contribution is -2.46. The van der Waals surface area contributed by atoms with Crippen LogP contribution in [0.4, 0.5) is 0 Å². The highest BCUT2D eigenvalue weighted by atomic mass is 31.2. The molecule has 0 radical (unpaired) electrons. The molecule has 1 aliphatic heterocycles. The maximum atomic E-state index is 7.04. The molecule has 0 saturated heterocycles. The highest BCUT2D eigenvalue weighted by molar-refractivity contribution is 7.47. The predicted molar refractivity (Wildman–Crippen MR) is 147 cm³/mol. The quantitative estimate of drug-likeness (QED) is 0.385. The first-order chi connectivity index (χ1) is 17.1. The molecule has 0 bridgehead atoms. The van der Waals surface area contributed by atoms with Gasteiger partial charge in [0.1, 0.15) is 5.76 Å². The molecule has 4 heteroatoms. The van der Waals surface area contributed by atoms with E-state index in [9.17, 15) is 0 Å². The third-order valence-corrected chi connectivity index (χ3v) is 9.65. The highest BCUT2D eigenvalue weighted by Gasteiger charge is 2.48. The maximum Gasteiger partial charge on any atom is 0.245 e. The van der Waals surface area contributed by atoms with Crippen LogP contribution in [0.25, 0.3) is 11.6 Å². The predicted octanol–water partition coefficient (Wildman–Crippen LogP) is 7.84. The number of fused-ring (bicyclic) bond motifs is 6. The first kappa shape index (κ1) is 22.7. The Kier molecular flexibility index (Phi) is 5.89. The van der Waals surface area contributed by atoms with E-state index in [2.05, 4.69) is 122 Å². The van der Waals surface area contributed by atoms with Crippen LogP contribution in [0.3, 0.4) is 0 Å². The second-order valence-corrected chi connectivity index (χ2v) is 11.8. The molecular formula is C31H33N2OP. The van der Waals surface area contributed by atoms with Gasteiger partial charge in [-0.15, -0.1) is 0 Å². The molecule has 3 nitrogen and oxygen atoms in total. The molecule has 3 aromatic carbocycles. The van der Waals surface area contributed by atoms with E-state index in [1.807, 2.05) is 0 Å². The summed E-state index contributed by atoms with van der Waals surface area (Å²) in [5, 5.41) is 4.02. The largest absolute Gasteiger partial charge is 0.449 e. The zero-order valence-corrected chi connectivity index (χ0v) is 21.6. The number of benzene rings is 3. The fourth-order valence-electron chi connectivity index (χ4n) is 6.02. The molecule has 178 valence electrons. The minimum atomic E-state index is -1.05. The topological polar surface area (TPSA) is 24.5 Å². The third-order valence-electron chi connectivity index (χ3n) is 7.82. The van der Waals surface area contributed by atoms with Crippen molar-refractivity contribution in [3.63, 3.8) is 0 Å². The summed E-state index contributed by atoms with van der Waals surface area (Å²) < 4.78 is 9.40. The Morgan fingerprint density at radius 1 is 0.971 bits per heavy atom. The molecule has 4 unspecified atom stereocenters. The van der Waals surface area contributed by atoms with Crippen molar-refractivity contribution in [2.24, 2.45) is 0 Å². The van der Waals surface area contributed by atoms with E-state index in [0.29, 0.717) is 5.92 Å². The van der Waals surface area contributed by atoms with E-state index in [0.717, 1.165) is 19.4 Å². The van der Waals surface area contributed by atoms with E-state index >= 15 is 0 Å². The molecule has 2 aliphatic carbocycles. The van der Waals surface area contributed by atoms with Crippen LogP contribution < -0.4 is 5.09 Å². The second kappa shape index (κ2) is 9.06. The molecule has 3 aromatic rings. The number of hydrogen-bond donors (Lipinski definition) is 1. The highest BCUT2D eigenvalue weighted by Crippen LogP contribution is 2.59. The Bertz CT molecular complexity index is 1300. The molecular weight excluding hydrogens is 447 g/mol. The summed E-state index contributed by atoms with van der Waals surface area (Å²) in [5.41, 5.74) is 7.94. The van der Waals surface area contributed by atoms with Crippen molar-refractivity contribution in [3.8, 4) is 0 Å². The number of hydrogen-bond acceptors (Lipinski definition) is 3. The summed E-state index contributed by atoms with van der Waals surface area (Å²) >= 11 is 0. The molecule has 0 spiro atoms. The lowest BCUT2D eigenvalue weighted by atomic mass is 9.66. The Labute approximate surface area is 210 Å². The van der Waals surface area contributed by atoms with E-state index < -0.39 is 8.45 Å². The summed E-state index contributed by atoms with van der Waals surface area (Å²) in [4.78, 5) is 0. The van der Waals surface area contributed by atoms with Crippen molar-refractivity contribution < 1.29 is 4.52 Å². The van der Waals surface area contributed by atoms with Crippen molar-refractivity contribution >= 4 is 20.1 Å². The standard InChI is InChI=1S/C31H33N2OP/c1-4-23-20-28-29(27-17-11-10-15-25(23)27)30-26-16-9-8-14-24(26)18-19-31(30,2)32-35(34-28)33(3)21-22-12-6-5-7-13-22/h5-19,23,30,32H,4,20-21H2,1-3H3. The van der Waals surface area contributed by atoms with Gasteiger partial charge in [-0.25, -0.2) is 9.76 Å². The van der Waals surface area contributed by atoms with Gasteiger partial charge >= 0.3 is 0 Å². The SMILES string of the molecule is CCC1CC2=C(c3ccccc31)C1c3ccccc3C=CC1(C)NP(N(C)Cc1ccccc1)O2. The van der Waals surface area contributed by atoms with Crippen LogP contribution in [0, 0.1) is 0 Å².